The highest BCUT2D eigenvalue weighted by Gasteiger charge is 2.23. The minimum atomic E-state index is -0.0190. The van der Waals surface area contributed by atoms with Crippen LogP contribution in [0.15, 0.2) is 30.5 Å². The van der Waals surface area contributed by atoms with Crippen LogP contribution in [-0.4, -0.2) is 62.0 Å². The Kier molecular flexibility index (Phi) is 7.31. The molecule has 138 valence electrons. The van der Waals surface area contributed by atoms with E-state index in [1.165, 1.54) is 12.8 Å². The summed E-state index contributed by atoms with van der Waals surface area (Å²) in [4.78, 5) is 17.2. The standard InChI is InChI=1S/C20H30N2O3/c1-5-21(6-2)15-17-8-7-12-22(17)13-11-18(23)16-9-10-19(24-3)20(14-16)25-4/h9-11,13-14,17H,5-8,12,15H2,1-4H3/t17-/m0/s1. The van der Waals surface area contributed by atoms with Crippen molar-refractivity contribution in [3.8, 4) is 11.5 Å². The number of likely N-dealkylation sites (tertiary alicyclic amines) is 1. The van der Waals surface area contributed by atoms with Gasteiger partial charge >= 0.3 is 0 Å². The molecule has 0 aliphatic carbocycles. The smallest absolute Gasteiger partial charge is 0.187 e. The molecule has 0 unspecified atom stereocenters. The molecule has 1 heterocycles. The third-order valence-electron chi connectivity index (χ3n) is 4.87. The van der Waals surface area contributed by atoms with Crippen LogP contribution in [0.3, 0.4) is 0 Å². The molecule has 1 aromatic rings. The van der Waals surface area contributed by atoms with Gasteiger partial charge in [-0.25, -0.2) is 0 Å². The molecule has 0 aromatic heterocycles. The number of ketones is 1. The van der Waals surface area contributed by atoms with Crippen molar-refractivity contribution in [1.82, 2.24) is 9.80 Å². The average molecular weight is 346 g/mol. The molecule has 1 aliphatic rings. The van der Waals surface area contributed by atoms with Crippen LogP contribution < -0.4 is 9.47 Å². The fraction of sp³-hybridized carbons (Fsp3) is 0.550. The molecule has 0 spiro atoms. The Hall–Kier alpha value is -2.01. The highest BCUT2D eigenvalue weighted by Crippen LogP contribution is 2.28. The van der Waals surface area contributed by atoms with Gasteiger partial charge in [-0.1, -0.05) is 13.8 Å². The summed E-state index contributed by atoms with van der Waals surface area (Å²) < 4.78 is 10.5. The summed E-state index contributed by atoms with van der Waals surface area (Å²) in [6.07, 6.45) is 5.99. The van der Waals surface area contributed by atoms with Gasteiger partial charge in [0, 0.05) is 37.0 Å². The second-order valence-electron chi connectivity index (χ2n) is 6.27. The topological polar surface area (TPSA) is 42.0 Å². The maximum Gasteiger partial charge on any atom is 0.187 e. The van der Waals surface area contributed by atoms with Crippen LogP contribution in [0.4, 0.5) is 0 Å². The highest BCUT2D eigenvalue weighted by atomic mass is 16.5. The SMILES string of the molecule is CCN(CC)C[C@@H]1CCCN1C=CC(=O)c1ccc(OC)c(OC)c1. The summed E-state index contributed by atoms with van der Waals surface area (Å²) in [7, 11) is 3.16. The molecule has 1 aliphatic heterocycles. The number of benzene rings is 1. The quantitative estimate of drug-likeness (QED) is 0.507. The largest absolute Gasteiger partial charge is 0.493 e. The molecule has 5 nitrogen and oxygen atoms in total. The number of methoxy groups -OCH3 is 2. The Morgan fingerprint density at radius 2 is 1.96 bits per heavy atom. The van der Waals surface area contributed by atoms with Crippen molar-refractivity contribution in [3.05, 3.63) is 36.0 Å². The van der Waals surface area contributed by atoms with Crippen molar-refractivity contribution in [2.24, 2.45) is 0 Å². The lowest BCUT2D eigenvalue weighted by atomic mass is 10.1. The van der Waals surface area contributed by atoms with Crippen molar-refractivity contribution in [2.75, 3.05) is 40.4 Å². The van der Waals surface area contributed by atoms with Crippen LogP contribution in [0.25, 0.3) is 0 Å². The summed E-state index contributed by atoms with van der Waals surface area (Å²) in [5, 5.41) is 0. The van der Waals surface area contributed by atoms with E-state index in [0.717, 1.165) is 26.2 Å². The average Bonchev–Trinajstić information content (AvgIpc) is 3.10. The molecule has 2 rings (SSSR count). The van der Waals surface area contributed by atoms with E-state index in [1.54, 1.807) is 38.5 Å². The molecule has 0 bridgehead atoms. The Morgan fingerprint density at radius 3 is 2.60 bits per heavy atom. The summed E-state index contributed by atoms with van der Waals surface area (Å²) in [5.74, 6) is 1.18. The molecule has 1 aromatic carbocycles. The van der Waals surface area contributed by atoms with Gasteiger partial charge in [0.05, 0.1) is 14.2 Å². The third-order valence-corrected chi connectivity index (χ3v) is 4.87. The number of hydrogen-bond acceptors (Lipinski definition) is 5. The molecule has 25 heavy (non-hydrogen) atoms. The number of allylic oxidation sites excluding steroid dienone is 1. The highest BCUT2D eigenvalue weighted by molar-refractivity contribution is 6.04. The number of hydrogen-bond donors (Lipinski definition) is 0. The van der Waals surface area contributed by atoms with Gasteiger partial charge < -0.3 is 19.3 Å². The summed E-state index contributed by atoms with van der Waals surface area (Å²) in [5.41, 5.74) is 0.605. The van der Waals surface area contributed by atoms with E-state index in [1.807, 2.05) is 6.20 Å². The minimum absolute atomic E-state index is 0.0190. The Labute approximate surface area is 151 Å². The monoisotopic (exact) mass is 346 g/mol. The first-order valence-electron chi connectivity index (χ1n) is 9.05. The Balaban J connectivity index is 2.03. The fourth-order valence-electron chi connectivity index (χ4n) is 3.28. The molecular formula is C20H30N2O3. The third kappa shape index (κ3) is 4.98. The lowest BCUT2D eigenvalue weighted by Crippen LogP contribution is -2.38. The van der Waals surface area contributed by atoms with Crippen LogP contribution >= 0.6 is 0 Å². The molecule has 0 radical (unpaired) electrons. The molecule has 1 fully saturated rings. The van der Waals surface area contributed by atoms with Crippen LogP contribution in [0, 0.1) is 0 Å². The van der Waals surface area contributed by atoms with Crippen LogP contribution in [0.1, 0.15) is 37.0 Å². The van der Waals surface area contributed by atoms with Gasteiger partial charge in [-0.15, -0.1) is 0 Å². The molecule has 1 atom stereocenters. The fourth-order valence-corrected chi connectivity index (χ4v) is 3.28. The zero-order valence-electron chi connectivity index (χ0n) is 15.8. The number of carbonyl (C=O) groups is 1. The van der Waals surface area contributed by atoms with Gasteiger partial charge in [-0.2, -0.15) is 0 Å². The molecular weight excluding hydrogens is 316 g/mol. The van der Waals surface area contributed by atoms with Gasteiger partial charge in [0.25, 0.3) is 0 Å². The summed E-state index contributed by atoms with van der Waals surface area (Å²) in [6, 6.07) is 5.75. The van der Waals surface area contributed by atoms with E-state index >= 15 is 0 Å². The van der Waals surface area contributed by atoms with Crippen molar-refractivity contribution in [3.63, 3.8) is 0 Å². The first-order valence-corrected chi connectivity index (χ1v) is 9.05. The second kappa shape index (κ2) is 9.47. The Bertz CT molecular complexity index is 597. The minimum Gasteiger partial charge on any atom is -0.493 e. The second-order valence-corrected chi connectivity index (χ2v) is 6.27. The van der Waals surface area contributed by atoms with E-state index in [-0.39, 0.29) is 5.78 Å². The number of likely N-dealkylation sites (N-methyl/N-ethyl adjacent to an activating group) is 1. The van der Waals surface area contributed by atoms with Crippen LogP contribution in [0.2, 0.25) is 0 Å². The van der Waals surface area contributed by atoms with Crippen LogP contribution in [-0.2, 0) is 0 Å². The van der Waals surface area contributed by atoms with Gasteiger partial charge in [-0.05, 0) is 44.1 Å². The Morgan fingerprint density at radius 1 is 1.24 bits per heavy atom. The molecule has 0 saturated carbocycles. The number of ether oxygens (including phenoxy) is 2. The lowest BCUT2D eigenvalue weighted by molar-refractivity contribution is 0.104. The first kappa shape index (κ1) is 19.3. The van der Waals surface area contributed by atoms with E-state index in [0.29, 0.717) is 23.1 Å². The van der Waals surface area contributed by atoms with Crippen LogP contribution in [0.5, 0.6) is 11.5 Å². The first-order chi connectivity index (χ1) is 12.1. The lowest BCUT2D eigenvalue weighted by Gasteiger charge is -2.28. The summed E-state index contributed by atoms with van der Waals surface area (Å²) >= 11 is 0. The van der Waals surface area contributed by atoms with Crippen molar-refractivity contribution < 1.29 is 14.3 Å². The van der Waals surface area contributed by atoms with Crippen molar-refractivity contribution in [2.45, 2.75) is 32.7 Å². The molecule has 5 heteroatoms. The van der Waals surface area contributed by atoms with Gasteiger partial charge in [0.2, 0.25) is 0 Å². The molecule has 0 N–H and O–H groups in total. The normalized spacial score (nSPS) is 17.5. The number of rotatable bonds is 9. The number of carbonyl (C=O) groups excluding carboxylic acids is 1. The van der Waals surface area contributed by atoms with Gasteiger partial charge in [-0.3, -0.25) is 4.79 Å². The van der Waals surface area contributed by atoms with E-state index in [2.05, 4.69) is 23.6 Å². The predicted octanol–water partition coefficient (Wildman–Crippen LogP) is 3.21. The van der Waals surface area contributed by atoms with Gasteiger partial charge in [0.15, 0.2) is 17.3 Å². The molecule has 1 saturated heterocycles. The zero-order chi connectivity index (χ0) is 18.2. The summed E-state index contributed by atoms with van der Waals surface area (Å²) in [6.45, 7) is 8.59. The predicted molar refractivity (Wildman–Crippen MR) is 101 cm³/mol. The van der Waals surface area contributed by atoms with E-state index in [9.17, 15) is 4.79 Å². The molecule has 0 amide bonds. The van der Waals surface area contributed by atoms with E-state index in [4.69, 9.17) is 9.47 Å². The maximum absolute atomic E-state index is 12.5. The van der Waals surface area contributed by atoms with Crippen molar-refractivity contribution >= 4 is 5.78 Å². The van der Waals surface area contributed by atoms with Gasteiger partial charge in [0.1, 0.15) is 0 Å². The van der Waals surface area contributed by atoms with E-state index < -0.39 is 0 Å². The zero-order valence-corrected chi connectivity index (χ0v) is 15.8. The maximum atomic E-state index is 12.5. The van der Waals surface area contributed by atoms with Crippen molar-refractivity contribution in [1.29, 1.82) is 0 Å². The number of nitrogens with zero attached hydrogens (tertiary/aromatic N) is 2.